The molecular formula is C20H32N2O6S. The van der Waals surface area contributed by atoms with Gasteiger partial charge in [0.1, 0.15) is 11.6 Å². The summed E-state index contributed by atoms with van der Waals surface area (Å²) in [5.74, 6) is -0.593. The average molecular weight is 429 g/mol. The molecule has 8 nitrogen and oxygen atoms in total. The van der Waals surface area contributed by atoms with Crippen LogP contribution >= 0.6 is 0 Å². The summed E-state index contributed by atoms with van der Waals surface area (Å²) in [7, 11) is -3.66. The van der Waals surface area contributed by atoms with Crippen molar-refractivity contribution in [1.82, 2.24) is 10.0 Å². The molecule has 1 aromatic carbocycles. The zero-order valence-electron chi connectivity index (χ0n) is 18.2. The molecule has 0 aromatic heterocycles. The molecule has 1 atom stereocenters. The van der Waals surface area contributed by atoms with Gasteiger partial charge in [0.2, 0.25) is 10.0 Å². The lowest BCUT2D eigenvalue weighted by Crippen LogP contribution is -2.45. The number of carbonyl (C=O) groups is 2. The highest BCUT2D eigenvalue weighted by molar-refractivity contribution is 7.89. The minimum atomic E-state index is -3.66. The van der Waals surface area contributed by atoms with Crippen molar-refractivity contribution in [3.8, 4) is 0 Å². The van der Waals surface area contributed by atoms with Crippen molar-refractivity contribution in [3.63, 3.8) is 0 Å². The van der Waals surface area contributed by atoms with Crippen molar-refractivity contribution in [2.24, 2.45) is 0 Å². The first-order chi connectivity index (χ1) is 13.1. The maximum Gasteiger partial charge on any atom is 0.408 e. The van der Waals surface area contributed by atoms with Crippen LogP contribution in [0.1, 0.15) is 54.0 Å². The maximum atomic E-state index is 12.4. The van der Waals surface area contributed by atoms with Gasteiger partial charge in [-0.1, -0.05) is 12.1 Å². The van der Waals surface area contributed by atoms with Gasteiger partial charge in [-0.25, -0.2) is 22.7 Å². The molecular weight excluding hydrogens is 396 g/mol. The summed E-state index contributed by atoms with van der Waals surface area (Å²) in [5, 5.41) is 2.52. The number of sulfonamides is 1. The molecule has 0 saturated heterocycles. The molecule has 1 unspecified atom stereocenters. The Labute approximate surface area is 173 Å². The molecule has 0 heterocycles. The van der Waals surface area contributed by atoms with E-state index in [2.05, 4.69) is 10.0 Å². The summed E-state index contributed by atoms with van der Waals surface area (Å²) in [5.41, 5.74) is -0.655. The summed E-state index contributed by atoms with van der Waals surface area (Å²) in [4.78, 5) is 24.4. The Kier molecular flexibility index (Phi) is 8.23. The third-order valence-corrected chi connectivity index (χ3v) is 5.15. The van der Waals surface area contributed by atoms with Crippen LogP contribution < -0.4 is 10.0 Å². The third kappa shape index (κ3) is 9.27. The van der Waals surface area contributed by atoms with Gasteiger partial charge in [-0.3, -0.25) is 0 Å². The Morgan fingerprint density at radius 3 is 2.03 bits per heavy atom. The molecule has 1 rings (SSSR count). The molecule has 9 heteroatoms. The number of nitrogens with one attached hydrogen (secondary N) is 2. The number of carbonyl (C=O) groups excluding carboxylic acids is 2. The van der Waals surface area contributed by atoms with Crippen molar-refractivity contribution in [1.29, 1.82) is 0 Å². The fourth-order valence-electron chi connectivity index (χ4n) is 2.39. The zero-order valence-corrected chi connectivity index (χ0v) is 19.0. The van der Waals surface area contributed by atoms with Crippen LogP contribution in [0.25, 0.3) is 0 Å². The van der Waals surface area contributed by atoms with Gasteiger partial charge < -0.3 is 14.8 Å². The van der Waals surface area contributed by atoms with Crippen molar-refractivity contribution >= 4 is 22.1 Å². The van der Waals surface area contributed by atoms with Gasteiger partial charge in [-0.15, -0.1) is 0 Å². The van der Waals surface area contributed by atoms with Gasteiger partial charge in [0.15, 0.2) is 0 Å². The lowest BCUT2D eigenvalue weighted by molar-refractivity contribution is -0.145. The van der Waals surface area contributed by atoms with E-state index < -0.39 is 39.3 Å². The Morgan fingerprint density at radius 2 is 1.59 bits per heavy atom. The highest BCUT2D eigenvalue weighted by Crippen LogP contribution is 2.15. The molecule has 0 aliphatic carbocycles. The standard InChI is InChI=1S/C20H32N2O6S/c1-8-27-17(23)16(21-18(24)28-20(5,6)7)13-14-9-11-15(12-10-14)29(25,26)22-19(2,3)4/h9-12,16,22H,8,13H2,1-7H3,(H,21,24). The van der Waals surface area contributed by atoms with Gasteiger partial charge >= 0.3 is 12.1 Å². The zero-order chi connectivity index (χ0) is 22.5. The van der Waals surface area contributed by atoms with Crippen LogP contribution in [0.5, 0.6) is 0 Å². The van der Waals surface area contributed by atoms with E-state index in [1.54, 1.807) is 60.6 Å². The summed E-state index contributed by atoms with van der Waals surface area (Å²) in [6, 6.07) is 5.15. The smallest absolute Gasteiger partial charge is 0.408 e. The molecule has 0 spiro atoms. The first-order valence-electron chi connectivity index (χ1n) is 9.42. The van der Waals surface area contributed by atoms with Crippen LogP contribution in [0.15, 0.2) is 29.2 Å². The number of benzene rings is 1. The van der Waals surface area contributed by atoms with Crippen molar-refractivity contribution < 1.29 is 27.5 Å². The fourth-order valence-corrected chi connectivity index (χ4v) is 3.81. The Hall–Kier alpha value is -2.13. The number of amides is 1. The minimum absolute atomic E-state index is 0.115. The number of ether oxygens (including phenoxy) is 2. The summed E-state index contributed by atoms with van der Waals surface area (Å²) in [6.45, 7) is 12.3. The van der Waals surface area contributed by atoms with Crippen molar-refractivity contribution in [3.05, 3.63) is 29.8 Å². The quantitative estimate of drug-likeness (QED) is 0.646. The van der Waals surface area contributed by atoms with E-state index in [1.807, 2.05) is 0 Å². The molecule has 0 aliphatic heterocycles. The molecule has 0 fully saturated rings. The number of esters is 1. The van der Waals surface area contributed by atoms with Crippen LogP contribution in [0.3, 0.4) is 0 Å². The molecule has 29 heavy (non-hydrogen) atoms. The van der Waals surface area contributed by atoms with Crippen LogP contribution in [0.4, 0.5) is 4.79 Å². The highest BCUT2D eigenvalue weighted by atomic mass is 32.2. The topological polar surface area (TPSA) is 111 Å². The molecule has 0 bridgehead atoms. The third-order valence-electron chi connectivity index (χ3n) is 3.38. The number of hydrogen-bond donors (Lipinski definition) is 2. The summed E-state index contributed by atoms with van der Waals surface area (Å²) in [6.07, 6.45) is -0.602. The predicted octanol–water partition coefficient (Wildman–Crippen LogP) is 2.76. The van der Waals surface area contributed by atoms with Crippen LogP contribution in [0.2, 0.25) is 0 Å². The van der Waals surface area contributed by atoms with Gasteiger partial charge in [-0.2, -0.15) is 0 Å². The molecule has 2 N–H and O–H groups in total. The fraction of sp³-hybridized carbons (Fsp3) is 0.600. The first-order valence-corrected chi connectivity index (χ1v) is 10.9. The van der Waals surface area contributed by atoms with Gasteiger partial charge in [0.05, 0.1) is 11.5 Å². The van der Waals surface area contributed by atoms with E-state index in [4.69, 9.17) is 9.47 Å². The number of rotatable bonds is 7. The SMILES string of the molecule is CCOC(=O)C(Cc1ccc(S(=O)(=O)NC(C)(C)C)cc1)NC(=O)OC(C)(C)C. The van der Waals surface area contributed by atoms with Crippen LogP contribution in [-0.4, -0.2) is 44.3 Å². The van der Waals surface area contributed by atoms with Crippen molar-refractivity contribution in [2.75, 3.05) is 6.61 Å². The minimum Gasteiger partial charge on any atom is -0.464 e. The van der Waals surface area contributed by atoms with Crippen LogP contribution in [0, 0.1) is 0 Å². The predicted molar refractivity (Wildman–Crippen MR) is 110 cm³/mol. The second-order valence-electron chi connectivity index (χ2n) is 8.65. The largest absolute Gasteiger partial charge is 0.464 e. The Balaban J connectivity index is 2.96. The monoisotopic (exact) mass is 428 g/mol. The van der Waals surface area contributed by atoms with E-state index in [0.29, 0.717) is 5.56 Å². The van der Waals surface area contributed by atoms with Crippen molar-refractivity contribution in [2.45, 2.75) is 77.0 Å². The Bertz CT molecular complexity index is 805. The van der Waals surface area contributed by atoms with Gasteiger partial charge in [-0.05, 0) is 66.2 Å². The molecule has 1 aromatic rings. The lowest BCUT2D eigenvalue weighted by Gasteiger charge is -2.23. The van der Waals surface area contributed by atoms with E-state index >= 15 is 0 Å². The van der Waals surface area contributed by atoms with E-state index in [0.717, 1.165) is 0 Å². The van der Waals surface area contributed by atoms with E-state index in [9.17, 15) is 18.0 Å². The normalized spacial score (nSPS) is 13.5. The maximum absolute atomic E-state index is 12.4. The lowest BCUT2D eigenvalue weighted by atomic mass is 10.1. The summed E-state index contributed by atoms with van der Waals surface area (Å²) >= 11 is 0. The second kappa shape index (κ2) is 9.58. The highest BCUT2D eigenvalue weighted by Gasteiger charge is 2.26. The molecule has 0 radical (unpaired) electrons. The molecule has 164 valence electrons. The Morgan fingerprint density at radius 1 is 1.03 bits per heavy atom. The molecule has 0 aliphatic rings. The first kappa shape index (κ1) is 24.9. The van der Waals surface area contributed by atoms with Crippen LogP contribution in [-0.2, 0) is 30.7 Å². The average Bonchev–Trinajstić information content (AvgIpc) is 2.51. The molecule has 1 amide bonds. The van der Waals surface area contributed by atoms with Gasteiger partial charge in [0, 0.05) is 12.0 Å². The second-order valence-corrected chi connectivity index (χ2v) is 10.3. The number of alkyl carbamates (subject to hydrolysis) is 1. The summed E-state index contributed by atoms with van der Waals surface area (Å²) < 4.78 is 37.6. The number of hydrogen-bond acceptors (Lipinski definition) is 6. The van der Waals surface area contributed by atoms with E-state index in [1.165, 1.54) is 12.1 Å². The molecule has 0 saturated carbocycles. The van der Waals surface area contributed by atoms with E-state index in [-0.39, 0.29) is 17.9 Å². The van der Waals surface area contributed by atoms with Gasteiger partial charge in [0.25, 0.3) is 0 Å².